The second kappa shape index (κ2) is 12.6. The Balaban J connectivity index is 0.842. The van der Waals surface area contributed by atoms with Gasteiger partial charge in [-0.25, -0.2) is 33.1 Å². The van der Waals surface area contributed by atoms with Crippen molar-refractivity contribution in [2.45, 2.75) is 63.4 Å². The van der Waals surface area contributed by atoms with Gasteiger partial charge in [0.25, 0.3) is 18.2 Å². The molecule has 18 heteroatoms. The van der Waals surface area contributed by atoms with E-state index in [0.717, 1.165) is 24.1 Å². The average Bonchev–Trinajstić information content (AvgIpc) is 3.98. The van der Waals surface area contributed by atoms with Gasteiger partial charge in [-0.2, -0.15) is 10.2 Å². The topological polar surface area (TPSA) is 163 Å². The molecule has 5 amide bonds. The van der Waals surface area contributed by atoms with E-state index in [2.05, 4.69) is 30.6 Å². The van der Waals surface area contributed by atoms with Crippen molar-refractivity contribution < 1.29 is 32.7 Å². The second-order valence-electron chi connectivity index (χ2n) is 13.9. The van der Waals surface area contributed by atoms with Gasteiger partial charge in [0.1, 0.15) is 11.4 Å². The van der Waals surface area contributed by atoms with Crippen molar-refractivity contribution in [1.82, 2.24) is 44.6 Å². The Morgan fingerprint density at radius 1 is 1.08 bits per heavy atom. The molecule has 270 valence electrons. The van der Waals surface area contributed by atoms with Crippen LogP contribution in [0.15, 0.2) is 42.9 Å². The Hall–Kier alpha value is -5.49. The van der Waals surface area contributed by atoms with E-state index in [1.807, 2.05) is 18.2 Å². The van der Waals surface area contributed by atoms with Gasteiger partial charge < -0.3 is 15.0 Å². The molecule has 8 heterocycles. The standard InChI is InChI=1S/C34H35F2N11O5/c35-30(36)29-26(38-32(49)25-13-37-44-9-5-27(39-31(25)44)43-16-23-12-22(43)18-52-23)17-45(41-29)21-3-7-42(8-4-21)14-19-1-2-24-20(11-19)15-47(33(24)50)46-10-6-28(48)40-34(46)51/h1-2,5,9,11,13,17,21-23,30H,3-4,6-8,10,12,14-16,18H2,(H,38,49)(H,40,48,51)/t22-,23-/m1/s1. The van der Waals surface area contributed by atoms with Gasteiger partial charge in [-0.05, 0) is 42.5 Å². The van der Waals surface area contributed by atoms with Crippen LogP contribution in [0, 0.1) is 0 Å². The predicted octanol–water partition coefficient (Wildman–Crippen LogP) is 2.74. The molecule has 4 saturated heterocycles. The number of nitrogens with zero attached hydrogens (tertiary/aromatic N) is 9. The van der Waals surface area contributed by atoms with Crippen LogP contribution in [0.3, 0.4) is 0 Å². The van der Waals surface area contributed by atoms with E-state index in [1.54, 1.807) is 12.3 Å². The maximum atomic E-state index is 14.2. The fourth-order valence-corrected chi connectivity index (χ4v) is 7.94. The van der Waals surface area contributed by atoms with Crippen molar-refractivity contribution >= 4 is 40.9 Å². The highest BCUT2D eigenvalue weighted by molar-refractivity contribution is 6.08. The zero-order chi connectivity index (χ0) is 35.7. The summed E-state index contributed by atoms with van der Waals surface area (Å²) in [5.41, 5.74) is 2.28. The van der Waals surface area contributed by atoms with Gasteiger partial charge in [0.2, 0.25) is 5.91 Å². The molecule has 3 aromatic heterocycles. The summed E-state index contributed by atoms with van der Waals surface area (Å²) < 4.78 is 37.1. The van der Waals surface area contributed by atoms with Gasteiger partial charge >= 0.3 is 6.03 Å². The Morgan fingerprint density at radius 2 is 1.92 bits per heavy atom. The van der Waals surface area contributed by atoms with Crippen molar-refractivity contribution in [2.75, 3.05) is 43.0 Å². The van der Waals surface area contributed by atoms with Gasteiger partial charge in [0, 0.05) is 50.6 Å². The summed E-state index contributed by atoms with van der Waals surface area (Å²) in [5, 5.41) is 16.0. The summed E-state index contributed by atoms with van der Waals surface area (Å²) in [6.07, 6.45) is 4.24. The third kappa shape index (κ3) is 5.71. The summed E-state index contributed by atoms with van der Waals surface area (Å²) in [7, 11) is 0. The van der Waals surface area contributed by atoms with E-state index in [1.165, 1.54) is 31.6 Å². The highest BCUT2D eigenvalue weighted by Gasteiger charge is 2.40. The van der Waals surface area contributed by atoms with Crippen molar-refractivity contribution in [3.63, 3.8) is 0 Å². The first kappa shape index (κ1) is 32.4. The number of piperidine rings is 1. The number of halogens is 2. The molecule has 0 aliphatic carbocycles. The van der Waals surface area contributed by atoms with Crippen LogP contribution in [-0.2, 0) is 22.6 Å². The van der Waals surface area contributed by atoms with Gasteiger partial charge in [0.05, 0.1) is 49.8 Å². The number of urea groups is 1. The third-order valence-corrected chi connectivity index (χ3v) is 10.6. The number of hydrogen-bond donors (Lipinski definition) is 2. The molecule has 52 heavy (non-hydrogen) atoms. The minimum Gasteiger partial charge on any atom is -0.374 e. The van der Waals surface area contributed by atoms with Gasteiger partial charge in [-0.15, -0.1) is 0 Å². The SMILES string of the molecule is O=C1CCN(N2Cc3cc(CN4CCC(n5cc(NC(=O)c6cnn7ccc(N8C[C@H]9C[C@@H]8CO9)nc67)c(C(F)F)n5)CC4)ccc3C2=O)C(=O)N1. The molecular weight excluding hydrogens is 680 g/mol. The van der Waals surface area contributed by atoms with Crippen LogP contribution < -0.4 is 15.5 Å². The lowest BCUT2D eigenvalue weighted by Gasteiger charge is -2.33. The molecule has 5 aliphatic heterocycles. The Bertz CT molecular complexity index is 2110. The average molecular weight is 716 g/mol. The molecule has 2 N–H and O–H groups in total. The van der Waals surface area contributed by atoms with E-state index in [9.17, 15) is 28.0 Å². The summed E-state index contributed by atoms with van der Waals surface area (Å²) in [6, 6.07) is 6.96. The number of rotatable bonds is 8. The first-order valence-corrected chi connectivity index (χ1v) is 17.4. The number of fused-ring (bicyclic) bond motifs is 4. The monoisotopic (exact) mass is 715 g/mol. The van der Waals surface area contributed by atoms with Crippen LogP contribution in [0.5, 0.6) is 0 Å². The highest BCUT2D eigenvalue weighted by Crippen LogP contribution is 2.34. The number of carbonyl (C=O) groups excluding carboxylic acids is 4. The van der Waals surface area contributed by atoms with Crippen LogP contribution in [-0.4, -0.2) is 108 Å². The number of benzene rings is 1. The number of amides is 5. The quantitative estimate of drug-likeness (QED) is 0.278. The minimum atomic E-state index is -2.90. The van der Waals surface area contributed by atoms with E-state index in [0.29, 0.717) is 56.1 Å². The van der Waals surface area contributed by atoms with Crippen molar-refractivity contribution in [1.29, 1.82) is 0 Å². The maximum Gasteiger partial charge on any atom is 0.342 e. The Kier molecular flexibility index (Phi) is 7.87. The fourth-order valence-electron chi connectivity index (χ4n) is 7.94. The lowest BCUT2D eigenvalue weighted by Crippen LogP contribution is -2.56. The Labute approximate surface area is 295 Å². The molecule has 0 spiro atoms. The number of aromatic nitrogens is 5. The lowest BCUT2D eigenvalue weighted by molar-refractivity contribution is -0.123. The molecule has 4 fully saturated rings. The number of carbonyl (C=O) groups is 4. The van der Waals surface area contributed by atoms with E-state index in [4.69, 9.17) is 9.72 Å². The molecule has 2 bridgehead atoms. The summed E-state index contributed by atoms with van der Waals surface area (Å²) >= 11 is 0. The molecule has 16 nitrogen and oxygen atoms in total. The summed E-state index contributed by atoms with van der Waals surface area (Å²) in [4.78, 5) is 59.5. The smallest absolute Gasteiger partial charge is 0.342 e. The number of morpholine rings is 1. The molecule has 5 aliphatic rings. The second-order valence-corrected chi connectivity index (χ2v) is 13.9. The van der Waals surface area contributed by atoms with Crippen LogP contribution in [0.2, 0.25) is 0 Å². The van der Waals surface area contributed by atoms with E-state index < -0.39 is 24.1 Å². The number of alkyl halides is 2. The predicted molar refractivity (Wildman–Crippen MR) is 178 cm³/mol. The van der Waals surface area contributed by atoms with E-state index >= 15 is 0 Å². The van der Waals surface area contributed by atoms with Crippen LogP contribution >= 0.6 is 0 Å². The van der Waals surface area contributed by atoms with Gasteiger partial charge in [0.15, 0.2) is 11.3 Å². The van der Waals surface area contributed by atoms with Crippen LogP contribution in [0.25, 0.3) is 5.65 Å². The molecule has 0 unspecified atom stereocenters. The minimum absolute atomic E-state index is 0.0534. The maximum absolute atomic E-state index is 14.2. The highest BCUT2D eigenvalue weighted by atomic mass is 19.3. The lowest BCUT2D eigenvalue weighted by atomic mass is 10.0. The molecule has 0 saturated carbocycles. The molecule has 2 atom stereocenters. The molecule has 0 radical (unpaired) electrons. The largest absolute Gasteiger partial charge is 0.374 e. The Morgan fingerprint density at radius 3 is 2.67 bits per heavy atom. The number of hydrogen-bond acceptors (Lipinski definition) is 10. The first-order valence-electron chi connectivity index (χ1n) is 17.4. The number of anilines is 2. The number of hydrazine groups is 1. The molecule has 4 aromatic rings. The number of nitrogens with one attached hydrogen (secondary N) is 2. The van der Waals surface area contributed by atoms with Crippen LogP contribution in [0.4, 0.5) is 25.1 Å². The van der Waals surface area contributed by atoms with Crippen LogP contribution in [0.1, 0.15) is 75.7 Å². The molecule has 1 aromatic carbocycles. The fraction of sp³-hybridized carbons (Fsp3) is 0.441. The zero-order valence-corrected chi connectivity index (χ0v) is 28.0. The zero-order valence-electron chi connectivity index (χ0n) is 28.0. The van der Waals surface area contributed by atoms with Gasteiger partial charge in [-0.3, -0.25) is 29.3 Å². The van der Waals surface area contributed by atoms with E-state index in [-0.39, 0.29) is 60.8 Å². The number of likely N-dealkylation sites (tertiary alicyclic amines) is 1. The third-order valence-electron chi connectivity index (χ3n) is 10.6. The van der Waals surface area contributed by atoms with Crippen molar-refractivity contribution in [2.24, 2.45) is 0 Å². The summed E-state index contributed by atoms with van der Waals surface area (Å²) in [6.45, 7) is 3.73. The first-order chi connectivity index (χ1) is 25.2. The van der Waals surface area contributed by atoms with Gasteiger partial charge in [-0.1, -0.05) is 12.1 Å². The molecular formula is C34H35F2N11O5. The number of ether oxygens (including phenoxy) is 1. The molecule has 9 rings (SSSR count). The van der Waals surface area contributed by atoms with Crippen molar-refractivity contribution in [3.8, 4) is 0 Å². The number of imide groups is 1. The summed E-state index contributed by atoms with van der Waals surface area (Å²) in [5.74, 6) is -0.534. The van der Waals surface area contributed by atoms with Crippen molar-refractivity contribution in [3.05, 3.63) is 70.8 Å². The normalized spacial score (nSPS) is 22.3.